The molecule has 1 aromatic carbocycles. The van der Waals surface area contributed by atoms with Gasteiger partial charge < -0.3 is 14.9 Å². The number of aryl methyl sites for hydroxylation is 1. The Labute approximate surface area is 162 Å². The van der Waals surface area contributed by atoms with E-state index in [1.54, 1.807) is 0 Å². The maximum atomic E-state index is 13.0. The van der Waals surface area contributed by atoms with Crippen LogP contribution in [0.15, 0.2) is 24.3 Å². The Kier molecular flexibility index (Phi) is 5.42. The van der Waals surface area contributed by atoms with E-state index in [9.17, 15) is 9.90 Å². The molecule has 3 aliphatic heterocycles. The summed E-state index contributed by atoms with van der Waals surface area (Å²) in [7, 11) is 0. The van der Waals surface area contributed by atoms with Crippen molar-refractivity contribution in [2.24, 2.45) is 5.41 Å². The van der Waals surface area contributed by atoms with Crippen LogP contribution in [0.3, 0.4) is 0 Å². The standard InChI is InChI=1S/C22H33N3O2/c1-18-5-2-3-6-20(18)23-12-7-19(8-13-23)25-14-10-22(17-25)9-4-11-24(15-16-26)21(22)27/h2-3,5-6,19,26H,4,7-17H2,1H3. The summed E-state index contributed by atoms with van der Waals surface area (Å²) in [5, 5.41) is 9.25. The number of carbonyl (C=O) groups is 1. The van der Waals surface area contributed by atoms with Crippen molar-refractivity contribution in [2.75, 3.05) is 50.8 Å². The van der Waals surface area contributed by atoms with Crippen molar-refractivity contribution in [3.8, 4) is 0 Å². The summed E-state index contributed by atoms with van der Waals surface area (Å²) in [4.78, 5) is 20.0. The van der Waals surface area contributed by atoms with E-state index in [1.807, 2.05) is 4.90 Å². The Morgan fingerprint density at radius 1 is 1.11 bits per heavy atom. The van der Waals surface area contributed by atoms with Gasteiger partial charge in [-0.1, -0.05) is 18.2 Å². The third kappa shape index (κ3) is 3.59. The Morgan fingerprint density at radius 3 is 2.63 bits per heavy atom. The maximum absolute atomic E-state index is 13.0. The molecule has 0 aliphatic carbocycles. The summed E-state index contributed by atoms with van der Waals surface area (Å²) in [6, 6.07) is 9.27. The zero-order chi connectivity index (χ0) is 18.9. The van der Waals surface area contributed by atoms with E-state index in [0.717, 1.165) is 52.0 Å². The van der Waals surface area contributed by atoms with E-state index in [1.165, 1.54) is 24.1 Å². The number of carbonyl (C=O) groups excluding carboxylic acids is 1. The van der Waals surface area contributed by atoms with Crippen molar-refractivity contribution >= 4 is 11.6 Å². The zero-order valence-corrected chi connectivity index (χ0v) is 16.6. The molecule has 0 aromatic heterocycles. The number of amides is 1. The summed E-state index contributed by atoms with van der Waals surface area (Å²) in [5.74, 6) is 0.294. The molecular weight excluding hydrogens is 338 g/mol. The number of hydrogen-bond donors (Lipinski definition) is 1. The molecule has 1 amide bonds. The highest BCUT2D eigenvalue weighted by atomic mass is 16.3. The first-order valence-corrected chi connectivity index (χ1v) is 10.6. The molecule has 3 heterocycles. The highest BCUT2D eigenvalue weighted by Crippen LogP contribution is 2.41. The molecule has 1 spiro atoms. The van der Waals surface area contributed by atoms with Gasteiger partial charge in [0.25, 0.3) is 0 Å². The van der Waals surface area contributed by atoms with Crippen LogP contribution in [0.2, 0.25) is 0 Å². The second-order valence-electron chi connectivity index (χ2n) is 8.62. The first-order valence-electron chi connectivity index (χ1n) is 10.6. The number of likely N-dealkylation sites (tertiary alicyclic amines) is 2. The number of aliphatic hydroxyl groups excluding tert-OH is 1. The highest BCUT2D eigenvalue weighted by Gasteiger charge is 2.49. The lowest BCUT2D eigenvalue weighted by Gasteiger charge is -2.41. The second-order valence-corrected chi connectivity index (χ2v) is 8.62. The number of rotatable bonds is 4. The largest absolute Gasteiger partial charge is 0.395 e. The van der Waals surface area contributed by atoms with Crippen LogP contribution in [0.5, 0.6) is 0 Å². The van der Waals surface area contributed by atoms with Gasteiger partial charge in [0.1, 0.15) is 0 Å². The number of aliphatic hydroxyl groups is 1. The van der Waals surface area contributed by atoms with Crippen molar-refractivity contribution < 1.29 is 9.90 Å². The summed E-state index contributed by atoms with van der Waals surface area (Å²) in [6.07, 6.45) is 5.45. The molecule has 3 fully saturated rings. The Morgan fingerprint density at radius 2 is 1.89 bits per heavy atom. The average Bonchev–Trinajstić information content (AvgIpc) is 3.11. The molecule has 3 saturated heterocycles. The minimum atomic E-state index is -0.180. The molecule has 4 rings (SSSR count). The topological polar surface area (TPSA) is 47.0 Å². The van der Waals surface area contributed by atoms with E-state index < -0.39 is 0 Å². The number of benzene rings is 1. The van der Waals surface area contributed by atoms with Crippen molar-refractivity contribution in [1.29, 1.82) is 0 Å². The molecular formula is C22H33N3O2. The van der Waals surface area contributed by atoms with Crippen molar-refractivity contribution in [3.05, 3.63) is 29.8 Å². The number of hydrogen-bond acceptors (Lipinski definition) is 4. The molecule has 148 valence electrons. The van der Waals surface area contributed by atoms with E-state index in [2.05, 4.69) is 41.0 Å². The molecule has 3 aliphatic rings. The number of piperidine rings is 2. The average molecular weight is 372 g/mol. The monoisotopic (exact) mass is 371 g/mol. The molecule has 1 aromatic rings. The van der Waals surface area contributed by atoms with Crippen LogP contribution in [0.25, 0.3) is 0 Å². The normalized spacial score (nSPS) is 27.7. The van der Waals surface area contributed by atoms with Gasteiger partial charge >= 0.3 is 0 Å². The predicted octanol–water partition coefficient (Wildman–Crippen LogP) is 2.27. The first kappa shape index (κ1) is 18.8. The van der Waals surface area contributed by atoms with E-state index in [0.29, 0.717) is 18.5 Å². The van der Waals surface area contributed by atoms with E-state index in [-0.39, 0.29) is 12.0 Å². The minimum Gasteiger partial charge on any atom is -0.395 e. The quantitative estimate of drug-likeness (QED) is 0.882. The molecule has 0 bridgehead atoms. The van der Waals surface area contributed by atoms with E-state index in [4.69, 9.17) is 0 Å². The smallest absolute Gasteiger partial charge is 0.230 e. The number of anilines is 1. The summed E-state index contributed by atoms with van der Waals surface area (Å²) < 4.78 is 0. The van der Waals surface area contributed by atoms with Gasteiger partial charge in [-0.05, 0) is 57.2 Å². The van der Waals surface area contributed by atoms with Crippen molar-refractivity contribution in [1.82, 2.24) is 9.80 Å². The SMILES string of the molecule is Cc1ccccc1N1CCC(N2CCC3(CCCN(CCO)C3=O)C2)CC1. The molecule has 27 heavy (non-hydrogen) atoms. The lowest BCUT2D eigenvalue weighted by molar-refractivity contribution is -0.146. The fourth-order valence-corrected chi connectivity index (χ4v) is 5.47. The first-order chi connectivity index (χ1) is 13.1. The zero-order valence-electron chi connectivity index (χ0n) is 16.6. The van der Waals surface area contributed by atoms with Crippen molar-refractivity contribution in [2.45, 2.75) is 45.1 Å². The molecule has 0 saturated carbocycles. The Balaban J connectivity index is 1.36. The van der Waals surface area contributed by atoms with Gasteiger partial charge in [-0.3, -0.25) is 9.69 Å². The summed E-state index contributed by atoms with van der Waals surface area (Å²) in [5.41, 5.74) is 2.55. The highest BCUT2D eigenvalue weighted by molar-refractivity contribution is 5.84. The summed E-state index contributed by atoms with van der Waals surface area (Å²) in [6.45, 7) is 7.75. The maximum Gasteiger partial charge on any atom is 0.230 e. The van der Waals surface area contributed by atoms with E-state index >= 15 is 0 Å². The van der Waals surface area contributed by atoms with Gasteiger partial charge in [0, 0.05) is 44.5 Å². The fourth-order valence-electron chi connectivity index (χ4n) is 5.47. The van der Waals surface area contributed by atoms with Crippen LogP contribution in [-0.2, 0) is 4.79 Å². The van der Waals surface area contributed by atoms with Crippen LogP contribution in [0, 0.1) is 12.3 Å². The Bertz CT molecular complexity index is 669. The van der Waals surface area contributed by atoms with Crippen LogP contribution in [0.1, 0.15) is 37.7 Å². The molecule has 0 radical (unpaired) electrons. The number of para-hydroxylation sites is 1. The van der Waals surface area contributed by atoms with Crippen LogP contribution < -0.4 is 4.90 Å². The minimum absolute atomic E-state index is 0.0723. The second kappa shape index (κ2) is 7.80. The molecule has 5 heteroatoms. The van der Waals surface area contributed by atoms with Gasteiger partial charge in [-0.2, -0.15) is 0 Å². The lowest BCUT2D eigenvalue weighted by Crippen LogP contribution is -2.52. The van der Waals surface area contributed by atoms with Gasteiger partial charge in [0.05, 0.1) is 12.0 Å². The predicted molar refractivity (Wildman–Crippen MR) is 108 cm³/mol. The van der Waals surface area contributed by atoms with Gasteiger partial charge in [-0.25, -0.2) is 0 Å². The van der Waals surface area contributed by atoms with Gasteiger partial charge in [-0.15, -0.1) is 0 Å². The van der Waals surface area contributed by atoms with Gasteiger partial charge in [0.2, 0.25) is 5.91 Å². The van der Waals surface area contributed by atoms with Gasteiger partial charge in [0.15, 0.2) is 0 Å². The van der Waals surface area contributed by atoms with Crippen LogP contribution >= 0.6 is 0 Å². The Hall–Kier alpha value is -1.59. The van der Waals surface area contributed by atoms with Crippen LogP contribution in [0.4, 0.5) is 5.69 Å². The third-order valence-corrected chi connectivity index (χ3v) is 7.01. The number of nitrogens with zero attached hydrogens (tertiary/aromatic N) is 3. The molecule has 5 nitrogen and oxygen atoms in total. The fraction of sp³-hybridized carbons (Fsp3) is 0.682. The molecule has 1 N–H and O–H groups in total. The summed E-state index contributed by atoms with van der Waals surface area (Å²) >= 11 is 0. The molecule has 1 unspecified atom stereocenters. The lowest BCUT2D eigenvalue weighted by atomic mass is 9.78. The van der Waals surface area contributed by atoms with Crippen LogP contribution in [-0.4, -0.2) is 72.7 Å². The molecule has 1 atom stereocenters. The third-order valence-electron chi connectivity index (χ3n) is 7.01. The van der Waals surface area contributed by atoms with Crippen molar-refractivity contribution in [3.63, 3.8) is 0 Å². The number of β-amino-alcohol motifs (C(OH)–C–C–N with tert-alkyl or cyclic N) is 1.